The summed E-state index contributed by atoms with van der Waals surface area (Å²) in [5, 5.41) is 6.79. The summed E-state index contributed by atoms with van der Waals surface area (Å²) >= 11 is 1.75. The fourth-order valence-corrected chi connectivity index (χ4v) is 2.62. The van der Waals surface area contributed by atoms with Gasteiger partial charge in [0.05, 0.1) is 5.69 Å². The first-order valence-electron chi connectivity index (χ1n) is 7.02. The van der Waals surface area contributed by atoms with Gasteiger partial charge in [-0.05, 0) is 25.9 Å². The normalized spacial score (nSPS) is 11.5. The summed E-state index contributed by atoms with van der Waals surface area (Å²) in [5.74, 6) is 0.686. The highest BCUT2D eigenvalue weighted by Crippen LogP contribution is 2.12. The van der Waals surface area contributed by atoms with Crippen molar-refractivity contribution in [3.63, 3.8) is 0 Å². The summed E-state index contributed by atoms with van der Waals surface area (Å²) < 4.78 is 0. The molecule has 1 aromatic rings. The van der Waals surface area contributed by atoms with Crippen molar-refractivity contribution in [2.75, 3.05) is 19.6 Å². The Hall–Kier alpha value is -0.710. The maximum absolute atomic E-state index is 4.69. The van der Waals surface area contributed by atoms with Crippen molar-refractivity contribution in [2.45, 2.75) is 40.8 Å². The average molecular weight is 281 g/mol. The van der Waals surface area contributed by atoms with Crippen LogP contribution in [0.5, 0.6) is 0 Å². The highest BCUT2D eigenvalue weighted by Gasteiger charge is 2.07. The maximum atomic E-state index is 4.69. The topological polar surface area (TPSA) is 28.2 Å². The SMILES string of the molecule is C=C(C)CN(CC)Cc1csc(CNCC(C)C)n1. The van der Waals surface area contributed by atoms with Gasteiger partial charge in [-0.3, -0.25) is 4.90 Å². The van der Waals surface area contributed by atoms with Crippen molar-refractivity contribution in [3.05, 3.63) is 28.2 Å². The highest BCUT2D eigenvalue weighted by atomic mass is 32.1. The second-order valence-corrected chi connectivity index (χ2v) is 6.46. The predicted molar refractivity (Wildman–Crippen MR) is 84.4 cm³/mol. The van der Waals surface area contributed by atoms with E-state index in [4.69, 9.17) is 0 Å². The minimum Gasteiger partial charge on any atom is -0.310 e. The van der Waals surface area contributed by atoms with Crippen molar-refractivity contribution in [1.29, 1.82) is 0 Å². The second kappa shape index (κ2) is 8.46. The summed E-state index contributed by atoms with van der Waals surface area (Å²) in [6, 6.07) is 0. The van der Waals surface area contributed by atoms with Gasteiger partial charge in [0.1, 0.15) is 5.01 Å². The Morgan fingerprint density at radius 2 is 2.26 bits per heavy atom. The van der Waals surface area contributed by atoms with Gasteiger partial charge in [0.15, 0.2) is 0 Å². The number of aromatic nitrogens is 1. The van der Waals surface area contributed by atoms with Gasteiger partial charge in [-0.15, -0.1) is 11.3 Å². The minimum atomic E-state index is 0.686. The Morgan fingerprint density at radius 3 is 2.84 bits per heavy atom. The van der Waals surface area contributed by atoms with Gasteiger partial charge < -0.3 is 5.32 Å². The highest BCUT2D eigenvalue weighted by molar-refractivity contribution is 7.09. The molecule has 108 valence electrons. The lowest BCUT2D eigenvalue weighted by Gasteiger charge is -2.18. The lowest BCUT2D eigenvalue weighted by atomic mass is 10.2. The molecular formula is C15H27N3S. The van der Waals surface area contributed by atoms with E-state index in [0.717, 1.165) is 32.7 Å². The van der Waals surface area contributed by atoms with E-state index >= 15 is 0 Å². The summed E-state index contributed by atoms with van der Waals surface area (Å²) in [6.07, 6.45) is 0. The Balaban J connectivity index is 2.42. The predicted octanol–water partition coefficient (Wildman–Crippen LogP) is 3.29. The first kappa shape index (κ1) is 16.3. The van der Waals surface area contributed by atoms with Crippen LogP contribution in [0.2, 0.25) is 0 Å². The molecule has 0 aliphatic rings. The smallest absolute Gasteiger partial charge is 0.107 e. The molecule has 0 aromatic carbocycles. The molecule has 0 aliphatic carbocycles. The third kappa shape index (κ3) is 6.85. The monoisotopic (exact) mass is 281 g/mol. The molecule has 1 rings (SSSR count). The molecule has 1 aromatic heterocycles. The van der Waals surface area contributed by atoms with Crippen LogP contribution in [-0.4, -0.2) is 29.5 Å². The molecule has 1 N–H and O–H groups in total. The van der Waals surface area contributed by atoms with Crippen LogP contribution in [-0.2, 0) is 13.1 Å². The van der Waals surface area contributed by atoms with Crippen molar-refractivity contribution in [2.24, 2.45) is 5.92 Å². The zero-order valence-electron chi connectivity index (χ0n) is 12.7. The first-order valence-corrected chi connectivity index (χ1v) is 7.90. The average Bonchev–Trinajstić information content (AvgIpc) is 2.75. The largest absolute Gasteiger partial charge is 0.310 e. The van der Waals surface area contributed by atoms with Gasteiger partial charge in [0, 0.05) is 25.0 Å². The van der Waals surface area contributed by atoms with E-state index in [1.54, 1.807) is 11.3 Å². The van der Waals surface area contributed by atoms with E-state index in [9.17, 15) is 0 Å². The molecular weight excluding hydrogens is 254 g/mol. The van der Waals surface area contributed by atoms with Crippen LogP contribution < -0.4 is 5.32 Å². The molecule has 3 nitrogen and oxygen atoms in total. The van der Waals surface area contributed by atoms with Crippen molar-refractivity contribution in [1.82, 2.24) is 15.2 Å². The summed E-state index contributed by atoms with van der Waals surface area (Å²) in [7, 11) is 0. The second-order valence-electron chi connectivity index (χ2n) is 5.52. The van der Waals surface area contributed by atoms with Crippen LogP contribution >= 0.6 is 11.3 Å². The first-order chi connectivity index (χ1) is 9.01. The van der Waals surface area contributed by atoms with Crippen LogP contribution in [0.15, 0.2) is 17.5 Å². The van der Waals surface area contributed by atoms with E-state index in [2.05, 4.69) is 54.9 Å². The van der Waals surface area contributed by atoms with Gasteiger partial charge in [-0.2, -0.15) is 0 Å². The lowest BCUT2D eigenvalue weighted by Crippen LogP contribution is -2.24. The Labute approximate surface area is 121 Å². The third-order valence-corrected chi connectivity index (χ3v) is 3.65. The molecule has 0 atom stereocenters. The summed E-state index contributed by atoms with van der Waals surface area (Å²) in [5.41, 5.74) is 2.38. The Kier molecular flexibility index (Phi) is 7.28. The van der Waals surface area contributed by atoms with Crippen LogP contribution in [0.25, 0.3) is 0 Å². The van der Waals surface area contributed by atoms with Gasteiger partial charge in [0.2, 0.25) is 0 Å². The zero-order valence-corrected chi connectivity index (χ0v) is 13.5. The molecule has 0 unspecified atom stereocenters. The number of nitrogens with one attached hydrogen (secondary N) is 1. The Morgan fingerprint density at radius 1 is 1.53 bits per heavy atom. The van der Waals surface area contributed by atoms with E-state index in [1.807, 2.05) is 0 Å². The van der Waals surface area contributed by atoms with Crippen molar-refractivity contribution < 1.29 is 0 Å². The number of hydrogen-bond acceptors (Lipinski definition) is 4. The molecule has 0 amide bonds. The van der Waals surface area contributed by atoms with E-state index in [0.29, 0.717) is 5.92 Å². The number of likely N-dealkylation sites (N-methyl/N-ethyl adjacent to an activating group) is 1. The number of rotatable bonds is 9. The number of nitrogens with zero attached hydrogens (tertiary/aromatic N) is 2. The van der Waals surface area contributed by atoms with Crippen LogP contribution in [0, 0.1) is 5.92 Å². The minimum absolute atomic E-state index is 0.686. The van der Waals surface area contributed by atoms with Crippen molar-refractivity contribution in [3.8, 4) is 0 Å². The standard InChI is InChI=1S/C15H27N3S/c1-6-18(9-13(4)5)10-14-11-19-15(17-14)8-16-7-12(2)3/h11-12,16H,4,6-10H2,1-3,5H3. The molecule has 19 heavy (non-hydrogen) atoms. The molecule has 0 fully saturated rings. The van der Waals surface area contributed by atoms with Crippen LogP contribution in [0.3, 0.4) is 0 Å². The third-order valence-electron chi connectivity index (χ3n) is 2.75. The zero-order chi connectivity index (χ0) is 14.3. The number of thiazole rings is 1. The lowest BCUT2D eigenvalue weighted by molar-refractivity contribution is 0.301. The van der Waals surface area contributed by atoms with Crippen LogP contribution in [0.4, 0.5) is 0 Å². The van der Waals surface area contributed by atoms with Crippen molar-refractivity contribution >= 4 is 11.3 Å². The molecule has 0 bridgehead atoms. The molecule has 0 aliphatic heterocycles. The van der Waals surface area contributed by atoms with Gasteiger partial charge >= 0.3 is 0 Å². The molecule has 0 saturated carbocycles. The van der Waals surface area contributed by atoms with Gasteiger partial charge in [-0.1, -0.05) is 32.9 Å². The fraction of sp³-hybridized carbons (Fsp3) is 0.667. The van der Waals surface area contributed by atoms with Gasteiger partial charge in [-0.25, -0.2) is 4.98 Å². The molecule has 0 spiro atoms. The Bertz CT molecular complexity index is 384. The number of hydrogen-bond donors (Lipinski definition) is 1. The van der Waals surface area contributed by atoms with Crippen LogP contribution in [0.1, 0.15) is 38.4 Å². The maximum Gasteiger partial charge on any atom is 0.107 e. The summed E-state index contributed by atoms with van der Waals surface area (Å²) in [4.78, 5) is 7.05. The quantitative estimate of drug-likeness (QED) is 0.704. The molecule has 4 heteroatoms. The fourth-order valence-electron chi connectivity index (χ4n) is 1.86. The molecule has 0 radical (unpaired) electrons. The summed E-state index contributed by atoms with van der Waals surface area (Å²) in [6.45, 7) is 17.5. The van der Waals surface area contributed by atoms with E-state index in [-0.39, 0.29) is 0 Å². The van der Waals surface area contributed by atoms with E-state index < -0.39 is 0 Å². The van der Waals surface area contributed by atoms with E-state index in [1.165, 1.54) is 16.3 Å². The molecule has 0 saturated heterocycles. The molecule has 1 heterocycles. The van der Waals surface area contributed by atoms with Gasteiger partial charge in [0.25, 0.3) is 0 Å².